The van der Waals surface area contributed by atoms with Crippen molar-refractivity contribution in [1.29, 1.82) is 0 Å². The molecule has 2 unspecified atom stereocenters. The van der Waals surface area contributed by atoms with E-state index in [0.29, 0.717) is 24.9 Å². The van der Waals surface area contributed by atoms with E-state index in [1.165, 1.54) is 43.5 Å². The van der Waals surface area contributed by atoms with Crippen LogP contribution in [0.5, 0.6) is 5.75 Å². The molecule has 7 heteroatoms. The summed E-state index contributed by atoms with van der Waals surface area (Å²) in [5.74, 6) is 0.671. The molecule has 1 aromatic carbocycles. The summed E-state index contributed by atoms with van der Waals surface area (Å²) in [6.07, 6.45) is -0.494. The van der Waals surface area contributed by atoms with Gasteiger partial charge in [-0.25, -0.2) is 4.79 Å². The Morgan fingerprint density at radius 2 is 1.88 bits per heavy atom. The van der Waals surface area contributed by atoms with Crippen molar-refractivity contribution >= 4 is 6.09 Å². The number of benzene rings is 1. The van der Waals surface area contributed by atoms with Crippen molar-refractivity contribution in [3.05, 3.63) is 29.8 Å². The summed E-state index contributed by atoms with van der Waals surface area (Å²) < 4.78 is 46.0. The van der Waals surface area contributed by atoms with Gasteiger partial charge in [0.15, 0.2) is 0 Å². The van der Waals surface area contributed by atoms with E-state index in [4.69, 9.17) is 4.74 Å². The average Bonchev–Trinajstić information content (AvgIpc) is 2.89. The SMILES string of the molecule is C[C@@H]1CCCCC1C1CN(Cc2ccc(OC(F)(F)F)cc2)C(=O)O1. The number of halogens is 3. The zero-order valence-corrected chi connectivity index (χ0v) is 14.1. The van der Waals surface area contributed by atoms with Crippen molar-refractivity contribution < 1.29 is 27.4 Å². The van der Waals surface area contributed by atoms with Gasteiger partial charge >= 0.3 is 12.5 Å². The molecule has 0 spiro atoms. The molecule has 1 saturated heterocycles. The van der Waals surface area contributed by atoms with Gasteiger partial charge in [0.25, 0.3) is 0 Å². The number of hydrogen-bond acceptors (Lipinski definition) is 3. The molecule has 138 valence electrons. The number of ether oxygens (including phenoxy) is 2. The predicted molar refractivity (Wildman–Crippen MR) is 84.9 cm³/mol. The Labute approximate surface area is 144 Å². The van der Waals surface area contributed by atoms with Crippen LogP contribution >= 0.6 is 0 Å². The standard InChI is InChI=1S/C18H22F3NO3/c1-12-4-2-3-5-15(12)16-11-22(17(23)24-16)10-13-6-8-14(9-7-13)25-18(19,20)21/h6-9,12,15-16H,2-5,10-11H2,1H3/t12-,15?,16?/m1/s1. The lowest BCUT2D eigenvalue weighted by molar-refractivity contribution is -0.274. The molecule has 0 aromatic heterocycles. The molecule has 0 N–H and O–H groups in total. The lowest BCUT2D eigenvalue weighted by Gasteiger charge is -2.31. The van der Waals surface area contributed by atoms with E-state index in [1.54, 1.807) is 4.90 Å². The van der Waals surface area contributed by atoms with Crippen LogP contribution in [0.2, 0.25) is 0 Å². The van der Waals surface area contributed by atoms with Gasteiger partial charge < -0.3 is 14.4 Å². The van der Waals surface area contributed by atoms with E-state index >= 15 is 0 Å². The van der Waals surface area contributed by atoms with Crippen LogP contribution in [0.25, 0.3) is 0 Å². The molecule has 0 radical (unpaired) electrons. The number of amides is 1. The van der Waals surface area contributed by atoms with Crippen LogP contribution < -0.4 is 4.74 Å². The Kier molecular flexibility index (Phi) is 5.11. The first-order valence-electron chi connectivity index (χ1n) is 8.62. The monoisotopic (exact) mass is 357 g/mol. The summed E-state index contributed by atoms with van der Waals surface area (Å²) in [7, 11) is 0. The second-order valence-corrected chi connectivity index (χ2v) is 6.92. The molecule has 3 rings (SSSR count). The van der Waals surface area contributed by atoms with Crippen LogP contribution in [0.3, 0.4) is 0 Å². The number of hydrogen-bond donors (Lipinski definition) is 0. The Morgan fingerprint density at radius 3 is 2.52 bits per heavy atom. The molecule has 2 aliphatic rings. The predicted octanol–water partition coefficient (Wildman–Crippen LogP) is 4.73. The summed E-state index contributed by atoms with van der Waals surface area (Å²) in [5, 5.41) is 0. The third-order valence-electron chi connectivity index (χ3n) is 5.10. The first-order valence-corrected chi connectivity index (χ1v) is 8.62. The molecule has 0 bridgehead atoms. The third-order valence-corrected chi connectivity index (χ3v) is 5.10. The Balaban J connectivity index is 1.58. The van der Waals surface area contributed by atoms with E-state index in [-0.39, 0.29) is 17.9 Å². The van der Waals surface area contributed by atoms with Gasteiger partial charge in [-0.15, -0.1) is 13.2 Å². The quantitative estimate of drug-likeness (QED) is 0.782. The molecule has 2 fully saturated rings. The number of cyclic esters (lactones) is 1. The van der Waals surface area contributed by atoms with Crippen LogP contribution in [0, 0.1) is 11.8 Å². The van der Waals surface area contributed by atoms with E-state index in [2.05, 4.69) is 11.7 Å². The molecule has 1 amide bonds. The maximum atomic E-state index is 12.2. The second kappa shape index (κ2) is 7.14. The molecular formula is C18H22F3NO3. The zero-order valence-electron chi connectivity index (χ0n) is 14.1. The van der Waals surface area contributed by atoms with Gasteiger partial charge in [-0.1, -0.05) is 38.3 Å². The summed E-state index contributed by atoms with van der Waals surface area (Å²) in [6, 6.07) is 5.58. The maximum Gasteiger partial charge on any atom is 0.573 e. The van der Waals surface area contributed by atoms with Crippen LogP contribution in [0.4, 0.5) is 18.0 Å². The topological polar surface area (TPSA) is 38.8 Å². The van der Waals surface area contributed by atoms with Crippen molar-refractivity contribution in [2.45, 2.75) is 51.6 Å². The first-order chi connectivity index (χ1) is 11.8. The van der Waals surface area contributed by atoms with Gasteiger partial charge in [-0.2, -0.15) is 0 Å². The second-order valence-electron chi connectivity index (χ2n) is 6.92. The molecule has 1 heterocycles. The molecule has 3 atom stereocenters. The largest absolute Gasteiger partial charge is 0.573 e. The Morgan fingerprint density at radius 1 is 1.20 bits per heavy atom. The zero-order chi connectivity index (χ0) is 18.0. The highest BCUT2D eigenvalue weighted by atomic mass is 19.4. The fraction of sp³-hybridized carbons (Fsp3) is 0.611. The third kappa shape index (κ3) is 4.58. The Bertz CT molecular complexity index is 603. The van der Waals surface area contributed by atoms with Gasteiger partial charge in [0, 0.05) is 12.5 Å². The smallest absolute Gasteiger partial charge is 0.444 e. The fourth-order valence-corrected chi connectivity index (χ4v) is 3.80. The summed E-state index contributed by atoms with van der Waals surface area (Å²) in [5.41, 5.74) is 0.740. The van der Waals surface area contributed by atoms with Crippen molar-refractivity contribution in [3.8, 4) is 5.75 Å². The van der Waals surface area contributed by atoms with Crippen molar-refractivity contribution in [1.82, 2.24) is 4.90 Å². The molecule has 4 nitrogen and oxygen atoms in total. The maximum absolute atomic E-state index is 12.2. The van der Waals surface area contributed by atoms with Crippen LogP contribution in [-0.2, 0) is 11.3 Å². The molecular weight excluding hydrogens is 335 g/mol. The van der Waals surface area contributed by atoms with Gasteiger partial charge in [-0.3, -0.25) is 0 Å². The summed E-state index contributed by atoms with van der Waals surface area (Å²) >= 11 is 0. The minimum Gasteiger partial charge on any atom is -0.444 e. The van der Waals surface area contributed by atoms with Crippen LogP contribution in [-0.4, -0.2) is 30.0 Å². The number of carbonyl (C=O) groups excluding carboxylic acids is 1. The van der Waals surface area contributed by atoms with E-state index in [9.17, 15) is 18.0 Å². The minimum atomic E-state index is -4.70. The molecule has 1 aromatic rings. The first kappa shape index (κ1) is 17.9. The van der Waals surface area contributed by atoms with Crippen LogP contribution in [0.15, 0.2) is 24.3 Å². The Hall–Kier alpha value is -1.92. The molecule has 1 saturated carbocycles. The van der Waals surface area contributed by atoms with E-state index < -0.39 is 6.36 Å². The number of carbonyl (C=O) groups is 1. The van der Waals surface area contributed by atoms with Crippen molar-refractivity contribution in [2.75, 3.05) is 6.54 Å². The van der Waals surface area contributed by atoms with Gasteiger partial charge in [-0.05, 0) is 30.0 Å². The lowest BCUT2D eigenvalue weighted by Crippen LogP contribution is -2.32. The highest BCUT2D eigenvalue weighted by molar-refractivity contribution is 5.70. The van der Waals surface area contributed by atoms with Gasteiger partial charge in [0.05, 0.1) is 6.54 Å². The molecule has 1 aliphatic heterocycles. The summed E-state index contributed by atoms with van der Waals surface area (Å²) in [6.45, 7) is 3.07. The summed E-state index contributed by atoms with van der Waals surface area (Å²) in [4.78, 5) is 13.7. The van der Waals surface area contributed by atoms with E-state index in [1.807, 2.05) is 0 Å². The number of alkyl halides is 3. The lowest BCUT2D eigenvalue weighted by atomic mass is 9.77. The molecule has 25 heavy (non-hydrogen) atoms. The molecule has 1 aliphatic carbocycles. The highest BCUT2D eigenvalue weighted by Crippen LogP contribution is 2.36. The van der Waals surface area contributed by atoms with Gasteiger partial charge in [0.1, 0.15) is 11.9 Å². The highest BCUT2D eigenvalue weighted by Gasteiger charge is 2.39. The number of nitrogens with zero attached hydrogens (tertiary/aromatic N) is 1. The van der Waals surface area contributed by atoms with Crippen molar-refractivity contribution in [3.63, 3.8) is 0 Å². The fourth-order valence-electron chi connectivity index (χ4n) is 3.80. The van der Waals surface area contributed by atoms with E-state index in [0.717, 1.165) is 12.0 Å². The number of rotatable bonds is 4. The minimum absolute atomic E-state index is 0.0874. The van der Waals surface area contributed by atoms with Crippen molar-refractivity contribution in [2.24, 2.45) is 11.8 Å². The van der Waals surface area contributed by atoms with Crippen LogP contribution in [0.1, 0.15) is 38.2 Å². The average molecular weight is 357 g/mol. The normalized spacial score (nSPS) is 27.3. The van der Waals surface area contributed by atoms with Gasteiger partial charge in [0.2, 0.25) is 0 Å².